The second-order valence-corrected chi connectivity index (χ2v) is 3.85. The molecule has 0 amide bonds. The Morgan fingerprint density at radius 2 is 2.07 bits per heavy atom. The number of carbonyl (C=O) groups excluding carboxylic acids is 1. The van der Waals surface area contributed by atoms with Crippen LogP contribution in [0.2, 0.25) is 0 Å². The molecule has 0 aliphatic heterocycles. The van der Waals surface area contributed by atoms with Gasteiger partial charge in [-0.1, -0.05) is 5.11 Å². The maximum atomic E-state index is 11.2. The highest BCUT2D eigenvalue weighted by Crippen LogP contribution is 2.10. The minimum Gasteiger partial charge on any atom is -0.481 e. The maximum Gasteiger partial charge on any atom is 0.313 e. The summed E-state index contributed by atoms with van der Waals surface area (Å²) in [6.07, 6.45) is -0.462. The van der Waals surface area contributed by atoms with E-state index in [9.17, 15) is 9.59 Å². The Morgan fingerprint density at radius 1 is 1.53 bits per heavy atom. The molecule has 15 heavy (non-hydrogen) atoms. The fraction of sp³-hybridized carbons (Fsp3) is 0.750. The lowest BCUT2D eigenvalue weighted by Gasteiger charge is -2.19. The van der Waals surface area contributed by atoms with Crippen LogP contribution in [0.25, 0.3) is 10.4 Å². The molecule has 0 unspecified atom stereocenters. The molecule has 0 radical (unpaired) electrons. The van der Waals surface area contributed by atoms with Gasteiger partial charge in [-0.05, 0) is 26.3 Å². The summed E-state index contributed by atoms with van der Waals surface area (Å²) in [5, 5.41) is 11.6. The van der Waals surface area contributed by atoms with Crippen molar-refractivity contribution in [1.82, 2.24) is 0 Å². The van der Waals surface area contributed by atoms with E-state index in [1.807, 2.05) is 0 Å². The van der Waals surface area contributed by atoms with Crippen LogP contribution >= 0.6 is 0 Å². The minimum atomic E-state index is -1.41. The zero-order valence-corrected chi connectivity index (χ0v) is 8.80. The van der Waals surface area contributed by atoms with Crippen molar-refractivity contribution in [3.8, 4) is 0 Å². The van der Waals surface area contributed by atoms with Crippen LogP contribution < -0.4 is 0 Å². The van der Waals surface area contributed by atoms with E-state index in [1.165, 1.54) is 0 Å². The highest BCUT2D eigenvalue weighted by atomic mass is 16.6. The van der Waals surface area contributed by atoms with Crippen molar-refractivity contribution in [2.45, 2.75) is 38.8 Å². The predicted octanol–water partition coefficient (Wildman–Crippen LogP) is 1.48. The van der Waals surface area contributed by atoms with Crippen LogP contribution in [0.3, 0.4) is 0 Å². The van der Waals surface area contributed by atoms with Gasteiger partial charge in [-0.25, -0.2) is 0 Å². The van der Waals surface area contributed by atoms with Crippen LogP contribution in [0.15, 0.2) is 5.11 Å². The quantitative estimate of drug-likeness (QED) is 0.331. The number of carboxylic acid groups (broad SMARTS) is 1. The summed E-state index contributed by atoms with van der Waals surface area (Å²) in [5.74, 6) is -2.05. The fourth-order valence-corrected chi connectivity index (χ4v) is 0.781. The van der Waals surface area contributed by atoms with Gasteiger partial charge in [0.2, 0.25) is 0 Å². The van der Waals surface area contributed by atoms with Crippen molar-refractivity contribution in [3.05, 3.63) is 10.4 Å². The van der Waals surface area contributed by atoms with Crippen LogP contribution in [0.5, 0.6) is 0 Å². The van der Waals surface area contributed by atoms with Crippen molar-refractivity contribution >= 4 is 11.9 Å². The number of carboxylic acids is 1. The molecule has 0 rings (SSSR count). The topological polar surface area (TPSA) is 112 Å². The molecular formula is C8H13N3O4. The minimum absolute atomic E-state index is 0.462. The third-order valence-corrected chi connectivity index (χ3v) is 1.26. The smallest absolute Gasteiger partial charge is 0.313 e. The van der Waals surface area contributed by atoms with Gasteiger partial charge in [0, 0.05) is 4.91 Å². The van der Waals surface area contributed by atoms with Gasteiger partial charge in [-0.15, -0.1) is 0 Å². The summed E-state index contributed by atoms with van der Waals surface area (Å²) in [5.41, 5.74) is 7.39. The zero-order valence-electron chi connectivity index (χ0n) is 8.80. The van der Waals surface area contributed by atoms with Crippen LogP contribution in [-0.4, -0.2) is 28.7 Å². The van der Waals surface area contributed by atoms with Gasteiger partial charge in [0.05, 0.1) is 6.42 Å². The van der Waals surface area contributed by atoms with Gasteiger partial charge in [0.15, 0.2) is 0 Å². The zero-order chi connectivity index (χ0) is 12.1. The van der Waals surface area contributed by atoms with Gasteiger partial charge in [0.25, 0.3) is 0 Å². The number of carbonyl (C=O) groups is 2. The van der Waals surface area contributed by atoms with Crippen LogP contribution in [0, 0.1) is 0 Å². The van der Waals surface area contributed by atoms with E-state index in [4.69, 9.17) is 15.4 Å². The van der Waals surface area contributed by atoms with E-state index >= 15 is 0 Å². The molecule has 84 valence electrons. The Balaban J connectivity index is 4.37. The normalized spacial score (nSPS) is 12.5. The number of azide groups is 1. The van der Waals surface area contributed by atoms with Crippen LogP contribution in [0.4, 0.5) is 0 Å². The van der Waals surface area contributed by atoms with Crippen LogP contribution in [0.1, 0.15) is 27.2 Å². The fourth-order valence-electron chi connectivity index (χ4n) is 0.781. The van der Waals surface area contributed by atoms with Crippen molar-refractivity contribution in [2.75, 3.05) is 0 Å². The van der Waals surface area contributed by atoms with Crippen LogP contribution in [-0.2, 0) is 14.3 Å². The Kier molecular flexibility index (Phi) is 4.60. The number of nitrogens with zero attached hydrogens (tertiary/aromatic N) is 3. The number of ether oxygens (including phenoxy) is 1. The van der Waals surface area contributed by atoms with Gasteiger partial charge < -0.3 is 9.84 Å². The number of rotatable bonds is 4. The van der Waals surface area contributed by atoms with Crippen molar-refractivity contribution in [1.29, 1.82) is 0 Å². The summed E-state index contributed by atoms with van der Waals surface area (Å²) in [6, 6.07) is -1.41. The summed E-state index contributed by atoms with van der Waals surface area (Å²) in [7, 11) is 0. The van der Waals surface area contributed by atoms with Gasteiger partial charge in [-0.2, -0.15) is 0 Å². The Labute approximate surface area is 86.7 Å². The molecule has 0 aliphatic carbocycles. The van der Waals surface area contributed by atoms with E-state index in [0.717, 1.165) is 0 Å². The van der Waals surface area contributed by atoms with E-state index in [0.29, 0.717) is 0 Å². The Hall–Kier alpha value is -1.75. The highest BCUT2D eigenvalue weighted by Gasteiger charge is 2.23. The van der Waals surface area contributed by atoms with Gasteiger partial charge in [0.1, 0.15) is 11.6 Å². The molecule has 0 aromatic carbocycles. The third-order valence-electron chi connectivity index (χ3n) is 1.26. The first-order valence-corrected chi connectivity index (χ1v) is 4.25. The average Bonchev–Trinajstić information content (AvgIpc) is 1.99. The predicted molar refractivity (Wildman–Crippen MR) is 51.0 cm³/mol. The summed E-state index contributed by atoms with van der Waals surface area (Å²) >= 11 is 0. The van der Waals surface area contributed by atoms with Crippen molar-refractivity contribution in [3.63, 3.8) is 0 Å². The molecule has 0 bridgehead atoms. The van der Waals surface area contributed by atoms with E-state index in [-0.39, 0.29) is 0 Å². The molecule has 0 fully saturated rings. The first-order chi connectivity index (χ1) is 6.76. The second-order valence-electron chi connectivity index (χ2n) is 3.85. The molecule has 1 atom stereocenters. The van der Waals surface area contributed by atoms with Gasteiger partial charge in [-0.3, -0.25) is 9.59 Å². The lowest BCUT2D eigenvalue weighted by molar-refractivity contribution is -0.157. The summed E-state index contributed by atoms with van der Waals surface area (Å²) < 4.78 is 4.88. The molecule has 0 aromatic rings. The van der Waals surface area contributed by atoms with E-state index in [1.54, 1.807) is 20.8 Å². The largest absolute Gasteiger partial charge is 0.481 e. The molecule has 1 N–H and O–H groups in total. The second kappa shape index (κ2) is 5.21. The molecular weight excluding hydrogens is 202 g/mol. The molecule has 0 saturated heterocycles. The highest BCUT2D eigenvalue weighted by molar-refractivity contribution is 5.81. The first kappa shape index (κ1) is 13.2. The SMILES string of the molecule is CC(C)(C)OC(=O)C[C@H](N=[N+]=[N-])C(=O)O. The molecule has 7 heteroatoms. The lowest BCUT2D eigenvalue weighted by Crippen LogP contribution is -2.28. The molecule has 0 heterocycles. The molecule has 0 spiro atoms. The van der Waals surface area contributed by atoms with E-state index in [2.05, 4.69) is 10.0 Å². The summed E-state index contributed by atoms with van der Waals surface area (Å²) in [6.45, 7) is 4.98. The van der Waals surface area contributed by atoms with Gasteiger partial charge >= 0.3 is 11.9 Å². The molecule has 7 nitrogen and oxygen atoms in total. The molecule has 0 aromatic heterocycles. The monoisotopic (exact) mass is 215 g/mol. The van der Waals surface area contributed by atoms with Crippen molar-refractivity contribution in [2.24, 2.45) is 5.11 Å². The molecule has 0 saturated carbocycles. The number of aliphatic carboxylic acids is 1. The van der Waals surface area contributed by atoms with E-state index < -0.39 is 30.0 Å². The standard InChI is InChI=1S/C8H13N3O4/c1-8(2,3)15-6(12)4-5(7(13)14)10-11-9/h5H,4H2,1-3H3,(H,13,14)/t5-/m0/s1. The lowest BCUT2D eigenvalue weighted by atomic mass is 10.2. The number of esters is 1. The Morgan fingerprint density at radius 3 is 2.40 bits per heavy atom. The Bertz CT molecular complexity index is 299. The third kappa shape index (κ3) is 6.34. The molecule has 0 aliphatic rings. The first-order valence-electron chi connectivity index (χ1n) is 4.25. The summed E-state index contributed by atoms with van der Waals surface area (Å²) in [4.78, 5) is 24.0. The maximum absolute atomic E-state index is 11.2. The van der Waals surface area contributed by atoms with Crippen molar-refractivity contribution < 1.29 is 19.4 Å². The number of hydrogen-bond acceptors (Lipinski definition) is 4. The average molecular weight is 215 g/mol. The number of hydrogen-bond donors (Lipinski definition) is 1.